The predicted octanol–water partition coefficient (Wildman–Crippen LogP) is 3.18. The van der Waals surface area contributed by atoms with E-state index in [1.54, 1.807) is 0 Å². The molecular weight excluding hydrogens is 362 g/mol. The van der Waals surface area contributed by atoms with Crippen LogP contribution in [0.4, 0.5) is 5.69 Å². The van der Waals surface area contributed by atoms with Crippen LogP contribution in [0.3, 0.4) is 0 Å². The lowest BCUT2D eigenvalue weighted by molar-refractivity contribution is -0.126. The molecule has 2 amide bonds. The van der Waals surface area contributed by atoms with Gasteiger partial charge in [0.1, 0.15) is 6.04 Å². The van der Waals surface area contributed by atoms with Crippen LogP contribution in [-0.4, -0.2) is 41.0 Å². The van der Waals surface area contributed by atoms with Gasteiger partial charge in [0.05, 0.1) is 17.6 Å². The predicted molar refractivity (Wildman–Crippen MR) is 103 cm³/mol. The zero-order chi connectivity index (χ0) is 18.7. The number of aryl methyl sites for hydroxylation is 1. The monoisotopic (exact) mass is 381 g/mol. The molecule has 0 bridgehead atoms. The molecule has 3 heterocycles. The highest BCUT2D eigenvalue weighted by Crippen LogP contribution is 2.49. The number of halogens is 1. The fourth-order valence-corrected chi connectivity index (χ4v) is 4.92. The number of rotatable bonds is 2. The first-order valence-electron chi connectivity index (χ1n) is 9.29. The smallest absolute Gasteiger partial charge is 0.253 e. The number of hydrogen-bond donors (Lipinski definition) is 0. The number of amides is 2. The van der Waals surface area contributed by atoms with Crippen molar-refractivity contribution in [2.45, 2.75) is 25.4 Å². The number of hydrazine groups is 1. The van der Waals surface area contributed by atoms with Gasteiger partial charge < -0.3 is 0 Å². The van der Waals surface area contributed by atoms with E-state index in [0.717, 1.165) is 30.6 Å². The fourth-order valence-electron chi connectivity index (χ4n) is 4.79. The van der Waals surface area contributed by atoms with E-state index in [-0.39, 0.29) is 23.8 Å². The van der Waals surface area contributed by atoms with Gasteiger partial charge in [-0.25, -0.2) is 14.9 Å². The van der Waals surface area contributed by atoms with E-state index in [9.17, 15) is 9.59 Å². The van der Waals surface area contributed by atoms with E-state index in [4.69, 9.17) is 11.6 Å². The Morgan fingerprint density at radius 1 is 0.926 bits per heavy atom. The molecular formula is C21H20ClN3O2. The molecule has 0 N–H and O–H groups in total. The number of carbonyl (C=O) groups excluding carboxylic acids is 2. The van der Waals surface area contributed by atoms with E-state index in [1.807, 2.05) is 55.5 Å². The first-order chi connectivity index (χ1) is 13.1. The number of nitrogens with zero attached hydrogens (tertiary/aromatic N) is 3. The summed E-state index contributed by atoms with van der Waals surface area (Å²) in [5.41, 5.74) is 2.73. The lowest BCUT2D eigenvalue weighted by Gasteiger charge is -2.29. The van der Waals surface area contributed by atoms with Crippen LogP contribution < -0.4 is 4.90 Å². The Labute approximate surface area is 163 Å². The number of carbonyl (C=O) groups is 2. The molecule has 0 saturated carbocycles. The maximum absolute atomic E-state index is 13.4. The Balaban J connectivity index is 1.59. The normalized spacial score (nSPS) is 28.1. The zero-order valence-corrected chi connectivity index (χ0v) is 15.8. The van der Waals surface area contributed by atoms with Gasteiger partial charge >= 0.3 is 0 Å². The average molecular weight is 382 g/mol. The third kappa shape index (κ3) is 2.46. The summed E-state index contributed by atoms with van der Waals surface area (Å²) in [6.45, 7) is 3.64. The molecule has 5 nitrogen and oxygen atoms in total. The van der Waals surface area contributed by atoms with Crippen molar-refractivity contribution < 1.29 is 9.59 Å². The van der Waals surface area contributed by atoms with Gasteiger partial charge in [0.2, 0.25) is 5.91 Å². The molecule has 3 atom stereocenters. The molecule has 27 heavy (non-hydrogen) atoms. The molecule has 138 valence electrons. The molecule has 3 aliphatic rings. The highest BCUT2D eigenvalue weighted by Gasteiger charge is 2.62. The van der Waals surface area contributed by atoms with Gasteiger partial charge in [-0.05, 0) is 48.7 Å². The summed E-state index contributed by atoms with van der Waals surface area (Å²) in [5.74, 6) is -0.608. The molecule has 3 fully saturated rings. The molecule has 0 aromatic heterocycles. The van der Waals surface area contributed by atoms with Crippen molar-refractivity contribution in [1.29, 1.82) is 0 Å². The van der Waals surface area contributed by atoms with Crippen LogP contribution in [0.15, 0.2) is 48.5 Å². The summed E-state index contributed by atoms with van der Waals surface area (Å²) in [7, 11) is 0. The minimum absolute atomic E-state index is 0.107. The van der Waals surface area contributed by atoms with Crippen LogP contribution in [0.1, 0.15) is 23.6 Å². The molecule has 0 unspecified atom stereocenters. The Kier molecular flexibility index (Phi) is 3.86. The van der Waals surface area contributed by atoms with Gasteiger partial charge in [0.25, 0.3) is 5.91 Å². The van der Waals surface area contributed by atoms with Crippen LogP contribution in [0.25, 0.3) is 0 Å². The number of fused-ring (bicyclic) bond motifs is 3. The van der Waals surface area contributed by atoms with Crippen molar-refractivity contribution in [3.8, 4) is 0 Å². The Hall–Kier alpha value is -2.21. The van der Waals surface area contributed by atoms with E-state index in [0.29, 0.717) is 10.7 Å². The molecule has 0 aliphatic carbocycles. The molecule has 6 heteroatoms. The largest absolute Gasteiger partial charge is 0.274 e. The minimum Gasteiger partial charge on any atom is -0.274 e. The molecule has 0 radical (unpaired) electrons. The minimum atomic E-state index is -0.416. The fraction of sp³-hybridized carbons (Fsp3) is 0.333. The van der Waals surface area contributed by atoms with Gasteiger partial charge in [-0.3, -0.25) is 9.59 Å². The lowest BCUT2D eigenvalue weighted by atomic mass is 9.90. The van der Waals surface area contributed by atoms with Crippen LogP contribution in [-0.2, 0) is 9.59 Å². The second kappa shape index (κ2) is 6.16. The first kappa shape index (κ1) is 16.9. The summed E-state index contributed by atoms with van der Waals surface area (Å²) in [6.07, 6.45) is 0.999. The van der Waals surface area contributed by atoms with Crippen molar-refractivity contribution in [2.75, 3.05) is 18.0 Å². The van der Waals surface area contributed by atoms with Gasteiger partial charge in [-0.2, -0.15) is 0 Å². The van der Waals surface area contributed by atoms with Gasteiger partial charge in [-0.15, -0.1) is 0 Å². The second-order valence-electron chi connectivity index (χ2n) is 7.50. The number of benzene rings is 2. The standard InChI is InChI=1S/C21H20ClN3O2/c1-13-4-2-5-16(12-13)25-20(26)17-18(14-6-8-15(22)9-7-14)23-10-3-11-24(23)19(17)21(25)27/h2,4-9,12,17-19H,3,10-11H2,1H3/t17-,18-,19+/m0/s1. The highest BCUT2D eigenvalue weighted by molar-refractivity contribution is 6.30. The second-order valence-corrected chi connectivity index (χ2v) is 7.93. The topological polar surface area (TPSA) is 43.9 Å². The number of imide groups is 1. The quantitative estimate of drug-likeness (QED) is 0.749. The highest BCUT2D eigenvalue weighted by atomic mass is 35.5. The van der Waals surface area contributed by atoms with Crippen molar-refractivity contribution in [3.63, 3.8) is 0 Å². The maximum Gasteiger partial charge on any atom is 0.253 e. The van der Waals surface area contributed by atoms with Gasteiger partial charge in [-0.1, -0.05) is 35.9 Å². The van der Waals surface area contributed by atoms with Crippen molar-refractivity contribution >= 4 is 29.1 Å². The average Bonchev–Trinajstić information content (AvgIpc) is 3.28. The summed E-state index contributed by atoms with van der Waals surface area (Å²) in [4.78, 5) is 28.1. The molecule has 3 saturated heterocycles. The van der Waals surface area contributed by atoms with E-state index >= 15 is 0 Å². The van der Waals surface area contributed by atoms with Crippen LogP contribution in [0.5, 0.6) is 0 Å². The third-order valence-corrected chi connectivity index (χ3v) is 6.13. The zero-order valence-electron chi connectivity index (χ0n) is 15.0. The number of anilines is 1. The molecule has 2 aromatic rings. The van der Waals surface area contributed by atoms with E-state index < -0.39 is 6.04 Å². The summed E-state index contributed by atoms with van der Waals surface area (Å²) in [5, 5.41) is 4.99. The molecule has 3 aliphatic heterocycles. The third-order valence-electron chi connectivity index (χ3n) is 5.88. The van der Waals surface area contributed by atoms with Gasteiger partial charge in [0.15, 0.2) is 0 Å². The first-order valence-corrected chi connectivity index (χ1v) is 9.67. The maximum atomic E-state index is 13.4. The van der Waals surface area contributed by atoms with Gasteiger partial charge in [0, 0.05) is 18.1 Å². The molecule has 5 rings (SSSR count). The SMILES string of the molecule is Cc1cccc(N2C(=O)[C@@H]3[C@H](C2=O)N2CCCN2[C@H]3c2ccc(Cl)cc2)c1. The molecule has 2 aromatic carbocycles. The van der Waals surface area contributed by atoms with Crippen LogP contribution in [0.2, 0.25) is 5.02 Å². The Bertz CT molecular complexity index is 929. The van der Waals surface area contributed by atoms with Crippen LogP contribution in [0, 0.1) is 12.8 Å². The lowest BCUT2D eigenvalue weighted by Crippen LogP contribution is -2.44. The van der Waals surface area contributed by atoms with Crippen LogP contribution >= 0.6 is 11.6 Å². The summed E-state index contributed by atoms with van der Waals surface area (Å²) < 4.78 is 0. The van der Waals surface area contributed by atoms with Crippen molar-refractivity contribution in [1.82, 2.24) is 10.0 Å². The van der Waals surface area contributed by atoms with E-state index in [1.165, 1.54) is 4.90 Å². The summed E-state index contributed by atoms with van der Waals surface area (Å²) in [6, 6.07) is 14.7. The molecule has 0 spiro atoms. The van der Waals surface area contributed by atoms with Crippen molar-refractivity contribution in [3.05, 3.63) is 64.7 Å². The summed E-state index contributed by atoms with van der Waals surface area (Å²) >= 11 is 6.06. The number of hydrogen-bond acceptors (Lipinski definition) is 4. The Morgan fingerprint density at radius 3 is 2.33 bits per heavy atom. The Morgan fingerprint density at radius 2 is 1.63 bits per heavy atom. The van der Waals surface area contributed by atoms with E-state index in [2.05, 4.69) is 10.0 Å². The van der Waals surface area contributed by atoms with Crippen molar-refractivity contribution in [2.24, 2.45) is 5.92 Å².